The number of methoxy groups -OCH3 is 1. The fraction of sp³-hybridized carbons (Fsp3) is 0.414. The van der Waals surface area contributed by atoms with Crippen molar-refractivity contribution in [2.45, 2.75) is 45.2 Å². The van der Waals surface area contributed by atoms with Gasteiger partial charge in [-0.3, -0.25) is 14.7 Å². The maximum absolute atomic E-state index is 13.6. The number of benzene rings is 1. The molecule has 36 heavy (non-hydrogen) atoms. The number of aromatic nitrogens is 1. The number of pyridine rings is 1. The fourth-order valence-corrected chi connectivity index (χ4v) is 5.55. The van der Waals surface area contributed by atoms with E-state index in [9.17, 15) is 9.59 Å². The molecule has 2 atom stereocenters. The zero-order valence-electron chi connectivity index (χ0n) is 21.4. The fourth-order valence-electron chi connectivity index (χ4n) is 5.55. The molecule has 5 rings (SSSR count). The third-order valence-electron chi connectivity index (χ3n) is 7.20. The molecule has 2 unspecified atom stereocenters. The summed E-state index contributed by atoms with van der Waals surface area (Å²) in [6.07, 6.45) is 10.7. The van der Waals surface area contributed by atoms with Crippen LogP contribution in [0.3, 0.4) is 0 Å². The third kappa shape index (κ3) is 4.74. The number of nitrogens with one attached hydrogen (secondary N) is 1. The molecule has 0 radical (unpaired) electrons. The molecule has 0 bridgehead atoms. The zero-order chi connectivity index (χ0) is 25.5. The Morgan fingerprint density at radius 3 is 2.75 bits per heavy atom. The smallest absolute Gasteiger partial charge is 0.319 e. The lowest BCUT2D eigenvalue weighted by Crippen LogP contribution is -2.66. The number of nitrogens with zero attached hydrogens (tertiary/aromatic N) is 3. The second-order valence-corrected chi connectivity index (χ2v) is 8.98. The molecule has 1 aromatic carbocycles. The Bertz CT molecular complexity index is 1130. The molecule has 1 saturated heterocycles. The van der Waals surface area contributed by atoms with Crippen molar-refractivity contribution in [1.29, 1.82) is 0 Å². The SMILES string of the molecule is CC.COC1=CCCC(C23Cc4ncccc4C(=O)N2CCN3C(=O)NCCc2ccccc2)C=C1. The summed E-state index contributed by atoms with van der Waals surface area (Å²) in [5.41, 5.74) is 1.78. The Hall–Kier alpha value is -3.61. The molecular formula is C29H36N4O3. The van der Waals surface area contributed by atoms with Gasteiger partial charge in [-0.25, -0.2) is 4.79 Å². The standard InChI is InChI=1S/C27H30N4O3.C2H6/c1-34-22-10-5-9-21(12-13-22)27-19-24-23(11-6-15-28-24)25(32)30(27)17-18-31(27)26(33)29-16-14-20-7-3-2-4-8-20;1-2/h2-4,6-8,10-13,15,21H,5,9,14,16-19H2,1H3,(H,29,33);1-2H3. The maximum atomic E-state index is 13.6. The highest BCUT2D eigenvalue weighted by Gasteiger charge is 2.58. The minimum Gasteiger partial charge on any atom is -0.497 e. The zero-order valence-corrected chi connectivity index (χ0v) is 21.4. The molecule has 2 aliphatic heterocycles. The van der Waals surface area contributed by atoms with E-state index in [0.717, 1.165) is 30.7 Å². The van der Waals surface area contributed by atoms with Gasteiger partial charge in [0.1, 0.15) is 11.4 Å². The van der Waals surface area contributed by atoms with E-state index in [1.54, 1.807) is 19.4 Å². The Morgan fingerprint density at radius 2 is 1.97 bits per heavy atom. The van der Waals surface area contributed by atoms with Gasteiger partial charge in [0.05, 0.1) is 18.4 Å². The number of fused-ring (bicyclic) bond motifs is 2. The average molecular weight is 489 g/mol. The summed E-state index contributed by atoms with van der Waals surface area (Å²) in [7, 11) is 1.66. The summed E-state index contributed by atoms with van der Waals surface area (Å²) in [5, 5.41) is 3.11. The van der Waals surface area contributed by atoms with Crippen molar-refractivity contribution in [3.05, 3.63) is 89.5 Å². The van der Waals surface area contributed by atoms with E-state index in [0.29, 0.717) is 31.6 Å². The van der Waals surface area contributed by atoms with E-state index in [1.807, 2.05) is 54.0 Å². The second kappa shape index (κ2) is 11.4. The van der Waals surface area contributed by atoms with E-state index >= 15 is 0 Å². The lowest BCUT2D eigenvalue weighted by molar-refractivity contribution is -0.00408. The van der Waals surface area contributed by atoms with Gasteiger partial charge < -0.3 is 15.0 Å². The number of allylic oxidation sites excluding steroid dienone is 2. The summed E-state index contributed by atoms with van der Waals surface area (Å²) in [6.45, 7) is 5.54. The van der Waals surface area contributed by atoms with Crippen molar-refractivity contribution < 1.29 is 14.3 Å². The summed E-state index contributed by atoms with van der Waals surface area (Å²) in [6, 6.07) is 13.6. The van der Waals surface area contributed by atoms with E-state index < -0.39 is 5.66 Å². The van der Waals surface area contributed by atoms with Crippen LogP contribution >= 0.6 is 0 Å². The van der Waals surface area contributed by atoms with Crippen LogP contribution in [0.25, 0.3) is 0 Å². The first kappa shape index (κ1) is 25.5. The van der Waals surface area contributed by atoms with E-state index in [1.165, 1.54) is 5.56 Å². The van der Waals surface area contributed by atoms with Gasteiger partial charge in [-0.1, -0.05) is 50.3 Å². The van der Waals surface area contributed by atoms with Gasteiger partial charge >= 0.3 is 6.03 Å². The van der Waals surface area contributed by atoms with Crippen LogP contribution in [-0.4, -0.2) is 59.1 Å². The molecule has 3 aliphatic rings. The lowest BCUT2D eigenvalue weighted by atomic mass is 9.79. The number of carbonyl (C=O) groups is 2. The first-order chi connectivity index (χ1) is 17.6. The molecule has 1 aliphatic carbocycles. The van der Waals surface area contributed by atoms with Crippen molar-refractivity contribution >= 4 is 11.9 Å². The largest absolute Gasteiger partial charge is 0.497 e. The number of hydrogen-bond donors (Lipinski definition) is 1. The predicted octanol–water partition coefficient (Wildman–Crippen LogP) is 4.57. The van der Waals surface area contributed by atoms with Crippen LogP contribution in [0.4, 0.5) is 4.79 Å². The number of ether oxygens (including phenoxy) is 1. The predicted molar refractivity (Wildman–Crippen MR) is 140 cm³/mol. The number of rotatable bonds is 5. The highest BCUT2D eigenvalue weighted by atomic mass is 16.5. The van der Waals surface area contributed by atoms with Crippen LogP contribution in [-0.2, 0) is 17.6 Å². The normalized spacial score (nSPS) is 22.5. The summed E-state index contributed by atoms with van der Waals surface area (Å²) < 4.78 is 5.45. The van der Waals surface area contributed by atoms with Crippen LogP contribution in [0, 0.1) is 5.92 Å². The van der Waals surface area contributed by atoms with Crippen LogP contribution in [0.1, 0.15) is 48.3 Å². The maximum Gasteiger partial charge on any atom is 0.319 e. The minimum absolute atomic E-state index is 0.0436. The quantitative estimate of drug-likeness (QED) is 0.669. The summed E-state index contributed by atoms with van der Waals surface area (Å²) in [4.78, 5) is 35.5. The van der Waals surface area contributed by atoms with Crippen LogP contribution < -0.4 is 5.32 Å². The number of amides is 3. The molecule has 3 heterocycles. The summed E-state index contributed by atoms with van der Waals surface area (Å²) >= 11 is 0. The Labute approximate surface area is 213 Å². The lowest BCUT2D eigenvalue weighted by Gasteiger charge is -2.50. The highest BCUT2D eigenvalue weighted by molar-refractivity contribution is 5.98. The van der Waals surface area contributed by atoms with Gasteiger partial charge in [0.2, 0.25) is 0 Å². The van der Waals surface area contributed by atoms with Crippen molar-refractivity contribution in [3.63, 3.8) is 0 Å². The Morgan fingerprint density at radius 1 is 1.17 bits per heavy atom. The Kier molecular flexibility index (Phi) is 8.08. The first-order valence-electron chi connectivity index (χ1n) is 12.9. The average Bonchev–Trinajstić information content (AvgIpc) is 3.14. The summed E-state index contributed by atoms with van der Waals surface area (Å²) in [5.74, 6) is 0.715. The molecule has 3 amide bonds. The van der Waals surface area contributed by atoms with Crippen LogP contribution in [0.2, 0.25) is 0 Å². The number of carbonyl (C=O) groups excluding carboxylic acids is 2. The van der Waals surface area contributed by atoms with Gasteiger partial charge in [0.25, 0.3) is 5.91 Å². The molecule has 0 saturated carbocycles. The minimum atomic E-state index is -0.789. The Balaban J connectivity index is 0.00000148. The van der Waals surface area contributed by atoms with Gasteiger partial charge in [0.15, 0.2) is 0 Å². The molecule has 190 valence electrons. The molecule has 2 aromatic rings. The van der Waals surface area contributed by atoms with Crippen LogP contribution in [0.15, 0.2) is 72.6 Å². The van der Waals surface area contributed by atoms with Crippen LogP contribution in [0.5, 0.6) is 0 Å². The first-order valence-corrected chi connectivity index (χ1v) is 12.9. The molecular weight excluding hydrogens is 452 g/mol. The van der Waals surface area contributed by atoms with E-state index in [4.69, 9.17) is 4.74 Å². The van der Waals surface area contributed by atoms with Crippen molar-refractivity contribution in [1.82, 2.24) is 20.1 Å². The van der Waals surface area contributed by atoms with Crippen molar-refractivity contribution in [2.24, 2.45) is 5.92 Å². The van der Waals surface area contributed by atoms with Gasteiger partial charge in [0, 0.05) is 38.2 Å². The second-order valence-electron chi connectivity index (χ2n) is 8.98. The monoisotopic (exact) mass is 488 g/mol. The molecule has 7 nitrogen and oxygen atoms in total. The topological polar surface area (TPSA) is 74.8 Å². The van der Waals surface area contributed by atoms with Gasteiger partial charge in [-0.05, 0) is 49.1 Å². The van der Waals surface area contributed by atoms with Crippen molar-refractivity contribution in [3.8, 4) is 0 Å². The number of urea groups is 1. The number of hydrogen-bond acceptors (Lipinski definition) is 4. The molecule has 1 N–H and O–H groups in total. The van der Waals surface area contributed by atoms with E-state index in [2.05, 4.69) is 34.6 Å². The van der Waals surface area contributed by atoms with Crippen molar-refractivity contribution in [2.75, 3.05) is 26.7 Å². The molecule has 1 fully saturated rings. The third-order valence-corrected chi connectivity index (χ3v) is 7.20. The molecule has 0 spiro atoms. The van der Waals surface area contributed by atoms with Gasteiger partial charge in [-0.2, -0.15) is 0 Å². The molecule has 7 heteroatoms. The highest BCUT2D eigenvalue weighted by Crippen LogP contribution is 2.44. The van der Waals surface area contributed by atoms with E-state index in [-0.39, 0.29) is 17.9 Å². The molecule has 1 aromatic heterocycles. The van der Waals surface area contributed by atoms with Gasteiger partial charge in [-0.15, -0.1) is 0 Å².